The molecule has 0 radical (unpaired) electrons. The van der Waals surface area contributed by atoms with Gasteiger partial charge in [-0.05, 0) is 24.1 Å². The summed E-state index contributed by atoms with van der Waals surface area (Å²) in [7, 11) is 1.86. The minimum atomic E-state index is 0.245. The Balaban J connectivity index is 1.82. The lowest BCUT2D eigenvalue weighted by Crippen LogP contribution is -2.46. The van der Waals surface area contributed by atoms with Gasteiger partial charge in [-0.1, -0.05) is 23.7 Å². The maximum atomic E-state index is 11.3. The predicted molar refractivity (Wildman–Crippen MR) is 69.0 cm³/mol. The summed E-state index contributed by atoms with van der Waals surface area (Å²) in [5, 5.41) is 4.23. The summed E-state index contributed by atoms with van der Waals surface area (Å²) < 4.78 is 0. The maximum Gasteiger partial charge on any atom is 0.222 e. The Bertz CT molecular complexity index is 391. The van der Waals surface area contributed by atoms with Crippen molar-refractivity contribution in [2.24, 2.45) is 0 Å². The number of carbonyl (C=O) groups excluding carboxylic acids is 1. The molecule has 0 saturated carbocycles. The van der Waals surface area contributed by atoms with E-state index in [0.717, 1.165) is 24.5 Å². The number of carbonyl (C=O) groups is 1. The van der Waals surface area contributed by atoms with Crippen LogP contribution in [0.2, 0.25) is 5.02 Å². The SMILES string of the molecule is CN1CC(NCc2ccc(Cl)cc2)CCC1=O. The number of halogens is 1. The van der Waals surface area contributed by atoms with Gasteiger partial charge in [0.15, 0.2) is 0 Å². The molecule has 1 heterocycles. The van der Waals surface area contributed by atoms with Crippen LogP contribution in [0.4, 0.5) is 0 Å². The molecule has 1 unspecified atom stereocenters. The fourth-order valence-corrected chi connectivity index (χ4v) is 2.17. The average molecular weight is 253 g/mol. The van der Waals surface area contributed by atoms with Gasteiger partial charge < -0.3 is 10.2 Å². The molecule has 1 fully saturated rings. The van der Waals surface area contributed by atoms with Crippen LogP contribution in [-0.4, -0.2) is 30.4 Å². The minimum absolute atomic E-state index is 0.245. The van der Waals surface area contributed by atoms with Crippen LogP contribution in [0.5, 0.6) is 0 Å². The van der Waals surface area contributed by atoms with Gasteiger partial charge in [0.2, 0.25) is 5.91 Å². The molecule has 4 heteroatoms. The summed E-state index contributed by atoms with van der Waals surface area (Å²) in [4.78, 5) is 13.1. The Hall–Kier alpha value is -1.06. The molecule has 3 nitrogen and oxygen atoms in total. The first-order valence-corrected chi connectivity index (χ1v) is 6.25. The van der Waals surface area contributed by atoms with Crippen molar-refractivity contribution in [3.05, 3.63) is 34.9 Å². The van der Waals surface area contributed by atoms with Crippen molar-refractivity contribution < 1.29 is 4.79 Å². The van der Waals surface area contributed by atoms with E-state index in [0.29, 0.717) is 12.5 Å². The lowest BCUT2D eigenvalue weighted by atomic mass is 10.1. The predicted octanol–water partition coefficient (Wildman–Crippen LogP) is 2.05. The van der Waals surface area contributed by atoms with Gasteiger partial charge in [-0.2, -0.15) is 0 Å². The van der Waals surface area contributed by atoms with Crippen LogP contribution < -0.4 is 5.32 Å². The molecule has 1 amide bonds. The molecule has 17 heavy (non-hydrogen) atoms. The highest BCUT2D eigenvalue weighted by atomic mass is 35.5. The molecule has 1 atom stereocenters. The largest absolute Gasteiger partial charge is 0.344 e. The molecule has 0 aliphatic carbocycles. The van der Waals surface area contributed by atoms with E-state index in [1.807, 2.05) is 31.3 Å². The molecule has 1 aliphatic rings. The van der Waals surface area contributed by atoms with Crippen molar-refractivity contribution >= 4 is 17.5 Å². The quantitative estimate of drug-likeness (QED) is 0.893. The molecule has 2 rings (SSSR count). The number of nitrogens with one attached hydrogen (secondary N) is 1. The van der Waals surface area contributed by atoms with Gasteiger partial charge in [0.25, 0.3) is 0 Å². The highest BCUT2D eigenvalue weighted by Gasteiger charge is 2.21. The third-order valence-electron chi connectivity index (χ3n) is 3.13. The van der Waals surface area contributed by atoms with Crippen LogP contribution in [0.15, 0.2) is 24.3 Å². The molecule has 1 aliphatic heterocycles. The first-order chi connectivity index (χ1) is 8.15. The van der Waals surface area contributed by atoms with E-state index in [1.54, 1.807) is 4.90 Å². The van der Waals surface area contributed by atoms with Crippen molar-refractivity contribution in [1.29, 1.82) is 0 Å². The van der Waals surface area contributed by atoms with Crippen LogP contribution in [0.3, 0.4) is 0 Å². The number of hydrogen-bond donors (Lipinski definition) is 1. The molecule has 0 spiro atoms. The number of rotatable bonds is 3. The molecular formula is C13H17ClN2O. The Morgan fingerprint density at radius 1 is 1.41 bits per heavy atom. The van der Waals surface area contributed by atoms with Crippen molar-refractivity contribution in [2.75, 3.05) is 13.6 Å². The third kappa shape index (κ3) is 3.45. The van der Waals surface area contributed by atoms with Crippen LogP contribution in [-0.2, 0) is 11.3 Å². The van der Waals surface area contributed by atoms with Crippen LogP contribution >= 0.6 is 11.6 Å². The Morgan fingerprint density at radius 3 is 2.76 bits per heavy atom. The van der Waals surface area contributed by atoms with Crippen LogP contribution in [0.25, 0.3) is 0 Å². The molecule has 0 bridgehead atoms. The number of amides is 1. The second-order valence-electron chi connectivity index (χ2n) is 4.52. The zero-order valence-corrected chi connectivity index (χ0v) is 10.7. The van der Waals surface area contributed by atoms with Crippen LogP contribution in [0, 0.1) is 0 Å². The maximum absolute atomic E-state index is 11.3. The molecule has 0 aromatic heterocycles. The Morgan fingerprint density at radius 2 is 2.12 bits per heavy atom. The standard InChI is InChI=1S/C13H17ClN2O/c1-16-9-12(6-7-13(16)17)15-8-10-2-4-11(14)5-3-10/h2-5,12,15H,6-9H2,1H3. The van der Waals surface area contributed by atoms with Gasteiger partial charge in [0.05, 0.1) is 0 Å². The number of piperidine rings is 1. The van der Waals surface area contributed by atoms with Gasteiger partial charge in [-0.15, -0.1) is 0 Å². The zero-order chi connectivity index (χ0) is 12.3. The van der Waals surface area contributed by atoms with E-state index >= 15 is 0 Å². The van der Waals surface area contributed by atoms with Gasteiger partial charge in [0.1, 0.15) is 0 Å². The number of likely N-dealkylation sites (tertiary alicyclic amines) is 1. The first kappa shape index (κ1) is 12.4. The smallest absolute Gasteiger partial charge is 0.222 e. The van der Waals surface area contributed by atoms with E-state index < -0.39 is 0 Å². The highest BCUT2D eigenvalue weighted by molar-refractivity contribution is 6.30. The summed E-state index contributed by atoms with van der Waals surface area (Å²) in [6.07, 6.45) is 1.57. The van der Waals surface area contributed by atoms with E-state index in [4.69, 9.17) is 11.6 Å². The number of hydrogen-bond acceptors (Lipinski definition) is 2. The van der Waals surface area contributed by atoms with Crippen molar-refractivity contribution in [3.63, 3.8) is 0 Å². The van der Waals surface area contributed by atoms with Crippen molar-refractivity contribution in [3.8, 4) is 0 Å². The minimum Gasteiger partial charge on any atom is -0.344 e. The van der Waals surface area contributed by atoms with E-state index in [-0.39, 0.29) is 5.91 Å². The average Bonchev–Trinajstić information content (AvgIpc) is 2.33. The molecule has 1 saturated heterocycles. The summed E-state index contributed by atoms with van der Waals surface area (Å²) in [6, 6.07) is 8.23. The third-order valence-corrected chi connectivity index (χ3v) is 3.39. The summed E-state index contributed by atoms with van der Waals surface area (Å²) in [5.41, 5.74) is 1.22. The second-order valence-corrected chi connectivity index (χ2v) is 4.95. The monoisotopic (exact) mass is 252 g/mol. The number of benzene rings is 1. The summed E-state index contributed by atoms with van der Waals surface area (Å²) >= 11 is 5.83. The lowest BCUT2D eigenvalue weighted by Gasteiger charge is -2.30. The molecular weight excluding hydrogens is 236 g/mol. The normalized spacial score (nSPS) is 20.7. The van der Waals surface area contributed by atoms with Crippen molar-refractivity contribution in [2.45, 2.75) is 25.4 Å². The van der Waals surface area contributed by atoms with E-state index in [2.05, 4.69) is 5.32 Å². The number of likely N-dealkylation sites (N-methyl/N-ethyl adjacent to an activating group) is 1. The van der Waals surface area contributed by atoms with Gasteiger partial charge in [0, 0.05) is 37.6 Å². The Labute approximate surface area is 107 Å². The fraction of sp³-hybridized carbons (Fsp3) is 0.462. The first-order valence-electron chi connectivity index (χ1n) is 5.87. The molecule has 1 N–H and O–H groups in total. The highest BCUT2D eigenvalue weighted by Crippen LogP contribution is 2.12. The van der Waals surface area contributed by atoms with E-state index in [1.165, 1.54) is 5.56 Å². The second kappa shape index (κ2) is 5.52. The Kier molecular flexibility index (Phi) is 4.02. The van der Waals surface area contributed by atoms with E-state index in [9.17, 15) is 4.79 Å². The molecule has 92 valence electrons. The number of nitrogens with zero attached hydrogens (tertiary/aromatic N) is 1. The zero-order valence-electron chi connectivity index (χ0n) is 9.95. The van der Waals surface area contributed by atoms with Crippen LogP contribution in [0.1, 0.15) is 18.4 Å². The fourth-order valence-electron chi connectivity index (χ4n) is 2.04. The topological polar surface area (TPSA) is 32.3 Å². The lowest BCUT2D eigenvalue weighted by molar-refractivity contribution is -0.132. The summed E-state index contributed by atoms with van der Waals surface area (Å²) in [5.74, 6) is 0.245. The molecule has 1 aromatic carbocycles. The van der Waals surface area contributed by atoms with Gasteiger partial charge >= 0.3 is 0 Å². The van der Waals surface area contributed by atoms with Crippen molar-refractivity contribution in [1.82, 2.24) is 10.2 Å². The van der Waals surface area contributed by atoms with Gasteiger partial charge in [-0.3, -0.25) is 4.79 Å². The summed E-state index contributed by atoms with van der Waals surface area (Å²) in [6.45, 7) is 1.62. The van der Waals surface area contributed by atoms with Gasteiger partial charge in [-0.25, -0.2) is 0 Å². The molecule has 1 aromatic rings.